The second kappa shape index (κ2) is 10.2. The smallest absolute Gasteiger partial charge is 0.274 e. The number of carbonyl (C=O) groups is 1. The first-order valence-electron chi connectivity index (χ1n) is 10.1. The number of hydrogen-bond acceptors (Lipinski definition) is 4. The molecule has 0 aliphatic rings. The van der Waals surface area contributed by atoms with Crippen molar-refractivity contribution >= 4 is 17.3 Å². The molecule has 5 nitrogen and oxygen atoms in total. The molecule has 0 spiro atoms. The van der Waals surface area contributed by atoms with Crippen molar-refractivity contribution in [2.75, 3.05) is 37.8 Å². The molecule has 2 aromatic rings. The number of nitrogens with one attached hydrogen (secondary N) is 2. The van der Waals surface area contributed by atoms with Gasteiger partial charge in [-0.15, -0.1) is 0 Å². The number of benzene rings is 1. The summed E-state index contributed by atoms with van der Waals surface area (Å²) in [5, 5.41) is 6.46. The van der Waals surface area contributed by atoms with Crippen molar-refractivity contribution in [2.45, 2.75) is 46.0 Å². The van der Waals surface area contributed by atoms with Gasteiger partial charge in [0.05, 0.1) is 11.9 Å². The Hall–Kier alpha value is -2.40. The Morgan fingerprint density at radius 1 is 1.04 bits per heavy atom. The third-order valence-electron chi connectivity index (χ3n) is 4.72. The topological polar surface area (TPSA) is 57.3 Å². The first-order valence-corrected chi connectivity index (χ1v) is 10.1. The molecular formula is C23H34N4O. The lowest BCUT2D eigenvalue weighted by molar-refractivity contribution is 0.102. The number of carbonyl (C=O) groups excluding carboxylic acids is 1. The molecule has 0 aliphatic carbocycles. The average Bonchev–Trinajstić information content (AvgIpc) is 2.65. The minimum atomic E-state index is -0.172. The van der Waals surface area contributed by atoms with Crippen molar-refractivity contribution in [3.63, 3.8) is 0 Å². The van der Waals surface area contributed by atoms with E-state index in [9.17, 15) is 4.79 Å². The van der Waals surface area contributed by atoms with Crippen LogP contribution in [-0.2, 0) is 0 Å². The molecule has 152 valence electrons. The molecule has 2 N–H and O–H groups in total. The second-order valence-electron chi connectivity index (χ2n) is 8.09. The highest BCUT2D eigenvalue weighted by atomic mass is 16.1. The van der Waals surface area contributed by atoms with Crippen molar-refractivity contribution < 1.29 is 4.79 Å². The zero-order valence-electron chi connectivity index (χ0n) is 18.0. The summed E-state index contributed by atoms with van der Waals surface area (Å²) in [5.74, 6) is 0.487. The number of anilines is 2. The van der Waals surface area contributed by atoms with Crippen molar-refractivity contribution in [3.8, 4) is 0 Å². The normalized spacial score (nSPS) is 11.3. The van der Waals surface area contributed by atoms with Gasteiger partial charge >= 0.3 is 0 Å². The van der Waals surface area contributed by atoms with E-state index in [0.717, 1.165) is 42.0 Å². The number of amides is 1. The monoisotopic (exact) mass is 382 g/mol. The third-order valence-corrected chi connectivity index (χ3v) is 4.72. The predicted molar refractivity (Wildman–Crippen MR) is 118 cm³/mol. The maximum absolute atomic E-state index is 12.8. The molecule has 0 atom stereocenters. The van der Waals surface area contributed by atoms with E-state index < -0.39 is 0 Å². The number of rotatable bonds is 9. The van der Waals surface area contributed by atoms with Crippen LogP contribution in [0.4, 0.5) is 11.4 Å². The van der Waals surface area contributed by atoms with E-state index >= 15 is 0 Å². The summed E-state index contributed by atoms with van der Waals surface area (Å²) in [4.78, 5) is 19.3. The summed E-state index contributed by atoms with van der Waals surface area (Å²) < 4.78 is 0. The standard InChI is InChI=1S/C23H34N4O/c1-16(2)19-9-7-10-20(17(3)4)22(19)26-23(28)21-12-11-18(15-25-21)24-13-8-14-27(5)6/h7,9-12,15-17,24H,8,13-14H2,1-6H3,(H,26,28). The minimum Gasteiger partial charge on any atom is -0.384 e. The van der Waals surface area contributed by atoms with Crippen LogP contribution in [0.5, 0.6) is 0 Å². The number of nitrogens with zero attached hydrogens (tertiary/aromatic N) is 2. The van der Waals surface area contributed by atoms with E-state index in [1.54, 1.807) is 12.3 Å². The van der Waals surface area contributed by atoms with E-state index in [4.69, 9.17) is 0 Å². The average molecular weight is 383 g/mol. The predicted octanol–water partition coefficient (Wildman–Crippen LogP) is 4.94. The molecule has 0 fully saturated rings. The zero-order chi connectivity index (χ0) is 20.7. The van der Waals surface area contributed by atoms with Gasteiger partial charge in [0.1, 0.15) is 5.69 Å². The van der Waals surface area contributed by atoms with Crippen LogP contribution in [0.15, 0.2) is 36.5 Å². The molecule has 5 heteroatoms. The van der Waals surface area contributed by atoms with E-state index in [-0.39, 0.29) is 5.91 Å². The molecule has 1 heterocycles. The molecule has 1 amide bonds. The van der Waals surface area contributed by atoms with Gasteiger partial charge in [-0.2, -0.15) is 0 Å². The van der Waals surface area contributed by atoms with Crippen LogP contribution in [0.3, 0.4) is 0 Å². The Balaban J connectivity index is 2.09. The van der Waals surface area contributed by atoms with E-state index in [1.807, 2.05) is 6.07 Å². The number of pyridine rings is 1. The quantitative estimate of drug-likeness (QED) is 0.603. The highest BCUT2D eigenvalue weighted by Gasteiger charge is 2.17. The highest BCUT2D eigenvalue weighted by Crippen LogP contribution is 2.32. The molecule has 0 saturated carbocycles. The van der Waals surface area contributed by atoms with Gasteiger partial charge in [-0.25, -0.2) is 4.98 Å². The first-order chi connectivity index (χ1) is 13.3. The van der Waals surface area contributed by atoms with Gasteiger partial charge < -0.3 is 15.5 Å². The van der Waals surface area contributed by atoms with Crippen molar-refractivity contribution in [1.82, 2.24) is 9.88 Å². The van der Waals surface area contributed by atoms with E-state index in [1.165, 1.54) is 0 Å². The lowest BCUT2D eigenvalue weighted by atomic mass is 9.92. The fourth-order valence-electron chi connectivity index (χ4n) is 3.13. The lowest BCUT2D eigenvalue weighted by Crippen LogP contribution is -2.18. The molecule has 0 unspecified atom stereocenters. The fraction of sp³-hybridized carbons (Fsp3) is 0.478. The fourth-order valence-corrected chi connectivity index (χ4v) is 3.13. The summed E-state index contributed by atoms with van der Waals surface area (Å²) in [6.07, 6.45) is 2.78. The molecular weight excluding hydrogens is 348 g/mol. The van der Waals surface area contributed by atoms with E-state index in [0.29, 0.717) is 17.5 Å². The van der Waals surface area contributed by atoms with Gasteiger partial charge in [0.15, 0.2) is 0 Å². The van der Waals surface area contributed by atoms with Gasteiger partial charge in [-0.3, -0.25) is 4.79 Å². The largest absolute Gasteiger partial charge is 0.384 e. The molecule has 0 saturated heterocycles. The maximum Gasteiger partial charge on any atom is 0.274 e. The van der Waals surface area contributed by atoms with Crippen LogP contribution in [0.2, 0.25) is 0 Å². The van der Waals surface area contributed by atoms with Crippen LogP contribution in [-0.4, -0.2) is 43.0 Å². The second-order valence-corrected chi connectivity index (χ2v) is 8.09. The van der Waals surface area contributed by atoms with Crippen molar-refractivity contribution in [3.05, 3.63) is 53.3 Å². The summed E-state index contributed by atoms with van der Waals surface area (Å²) in [7, 11) is 4.13. The third kappa shape index (κ3) is 6.06. The Morgan fingerprint density at radius 2 is 1.68 bits per heavy atom. The molecule has 1 aromatic heterocycles. The molecule has 0 radical (unpaired) electrons. The van der Waals surface area contributed by atoms with Crippen LogP contribution >= 0.6 is 0 Å². The highest BCUT2D eigenvalue weighted by molar-refractivity contribution is 6.04. The summed E-state index contributed by atoms with van der Waals surface area (Å²) in [6, 6.07) is 9.92. The van der Waals surface area contributed by atoms with E-state index in [2.05, 4.69) is 80.5 Å². The Morgan fingerprint density at radius 3 is 2.18 bits per heavy atom. The summed E-state index contributed by atoms with van der Waals surface area (Å²) in [5.41, 5.74) is 4.58. The van der Waals surface area contributed by atoms with Crippen LogP contribution < -0.4 is 10.6 Å². The summed E-state index contributed by atoms with van der Waals surface area (Å²) >= 11 is 0. The lowest BCUT2D eigenvalue weighted by Gasteiger charge is -2.20. The first kappa shape index (κ1) is 21.9. The van der Waals surface area contributed by atoms with Gasteiger partial charge in [0.25, 0.3) is 5.91 Å². The van der Waals surface area contributed by atoms with Crippen LogP contribution in [0.1, 0.15) is 67.6 Å². The minimum absolute atomic E-state index is 0.172. The Labute approximate surface area is 169 Å². The SMILES string of the molecule is CC(C)c1cccc(C(C)C)c1NC(=O)c1ccc(NCCCN(C)C)cn1. The van der Waals surface area contributed by atoms with Gasteiger partial charge in [0, 0.05) is 12.2 Å². The molecule has 0 aliphatic heterocycles. The Bertz CT molecular complexity index is 740. The van der Waals surface area contributed by atoms with Gasteiger partial charge in [0.2, 0.25) is 0 Å². The Kier molecular flexibility index (Phi) is 8.00. The molecule has 1 aromatic carbocycles. The number of aromatic nitrogens is 1. The zero-order valence-corrected chi connectivity index (χ0v) is 18.0. The number of hydrogen-bond donors (Lipinski definition) is 2. The maximum atomic E-state index is 12.8. The van der Waals surface area contributed by atoms with Crippen LogP contribution in [0, 0.1) is 0 Å². The molecule has 28 heavy (non-hydrogen) atoms. The van der Waals surface area contributed by atoms with Gasteiger partial charge in [-0.1, -0.05) is 45.9 Å². The van der Waals surface area contributed by atoms with Crippen molar-refractivity contribution in [2.24, 2.45) is 0 Å². The van der Waals surface area contributed by atoms with Crippen molar-refractivity contribution in [1.29, 1.82) is 0 Å². The number of para-hydroxylation sites is 1. The van der Waals surface area contributed by atoms with Gasteiger partial charge in [-0.05, 0) is 62.2 Å². The molecule has 0 bridgehead atoms. The summed E-state index contributed by atoms with van der Waals surface area (Å²) in [6.45, 7) is 10.5. The molecule has 2 rings (SSSR count). The van der Waals surface area contributed by atoms with Crippen LogP contribution in [0.25, 0.3) is 0 Å².